The molecular formula is C23H26N6O2S. The normalized spacial score (nSPS) is 12.2. The first-order chi connectivity index (χ1) is 15.6. The third-order valence-corrected chi connectivity index (χ3v) is 5.92. The number of nitrogens with one attached hydrogen (secondary N) is 1. The van der Waals surface area contributed by atoms with Gasteiger partial charge in [-0.2, -0.15) is 9.36 Å². The van der Waals surface area contributed by atoms with Gasteiger partial charge in [0.1, 0.15) is 17.8 Å². The van der Waals surface area contributed by atoms with Crippen molar-refractivity contribution in [2.45, 2.75) is 32.5 Å². The first-order valence-electron chi connectivity index (χ1n) is 10.4. The monoisotopic (exact) mass is 450 g/mol. The number of imidazole rings is 1. The summed E-state index contributed by atoms with van der Waals surface area (Å²) in [6.45, 7) is 4.48. The fraction of sp³-hybridized carbons (Fsp3) is 0.261. The summed E-state index contributed by atoms with van der Waals surface area (Å²) in [5, 5.41) is 23.3. The van der Waals surface area contributed by atoms with E-state index in [-0.39, 0.29) is 17.5 Å². The predicted molar refractivity (Wildman–Crippen MR) is 125 cm³/mol. The first kappa shape index (κ1) is 21.8. The molecular weight excluding hydrogens is 424 g/mol. The number of rotatable bonds is 10. The number of hydrogen-bond acceptors (Lipinski definition) is 8. The van der Waals surface area contributed by atoms with Crippen molar-refractivity contribution >= 4 is 16.7 Å². The van der Waals surface area contributed by atoms with Crippen LogP contribution in [0.25, 0.3) is 5.95 Å². The molecule has 166 valence electrons. The lowest BCUT2D eigenvalue weighted by molar-refractivity contribution is 0.184. The summed E-state index contributed by atoms with van der Waals surface area (Å²) in [5.41, 5.74) is 2.27. The Morgan fingerprint density at radius 2 is 1.62 bits per heavy atom. The van der Waals surface area contributed by atoms with Gasteiger partial charge >= 0.3 is 0 Å². The van der Waals surface area contributed by atoms with Crippen molar-refractivity contribution < 1.29 is 10.2 Å². The van der Waals surface area contributed by atoms with Gasteiger partial charge in [0.2, 0.25) is 11.1 Å². The van der Waals surface area contributed by atoms with Gasteiger partial charge in [0.25, 0.3) is 0 Å². The Morgan fingerprint density at radius 1 is 1.00 bits per heavy atom. The molecule has 8 nitrogen and oxygen atoms in total. The topological polar surface area (TPSA) is 99.3 Å². The minimum atomic E-state index is 0.267. The van der Waals surface area contributed by atoms with Crippen LogP contribution in [0.2, 0.25) is 0 Å². The zero-order valence-corrected chi connectivity index (χ0v) is 18.6. The highest BCUT2D eigenvalue weighted by Gasteiger charge is 2.16. The number of phenolic OH excluding ortho intramolecular Hbond substituents is 2. The number of nitrogens with zero attached hydrogens (tertiary/aromatic N) is 5. The molecule has 0 aliphatic carbocycles. The number of aromatic hydroxyl groups is 2. The van der Waals surface area contributed by atoms with Crippen LogP contribution in [0, 0.1) is 0 Å². The molecule has 4 aromatic rings. The molecule has 9 heteroatoms. The summed E-state index contributed by atoms with van der Waals surface area (Å²) in [7, 11) is 0. The Hall–Kier alpha value is -3.43. The van der Waals surface area contributed by atoms with Crippen molar-refractivity contribution in [2.24, 2.45) is 0 Å². The summed E-state index contributed by atoms with van der Waals surface area (Å²) in [6, 6.07) is 14.9. The fourth-order valence-electron chi connectivity index (χ4n) is 3.38. The first-order valence-corrected chi connectivity index (χ1v) is 11.2. The Balaban J connectivity index is 1.37. The molecule has 0 aliphatic heterocycles. The molecule has 0 bridgehead atoms. The third-order valence-electron chi connectivity index (χ3n) is 5.26. The Morgan fingerprint density at radius 3 is 2.19 bits per heavy atom. The van der Waals surface area contributed by atoms with Crippen LogP contribution in [0.3, 0.4) is 0 Å². The minimum absolute atomic E-state index is 0.267. The van der Waals surface area contributed by atoms with Gasteiger partial charge in [0.05, 0.1) is 0 Å². The Kier molecular flexibility index (Phi) is 6.98. The molecule has 2 aromatic heterocycles. The van der Waals surface area contributed by atoms with E-state index >= 15 is 0 Å². The van der Waals surface area contributed by atoms with E-state index in [1.807, 2.05) is 30.5 Å². The lowest BCUT2D eigenvalue weighted by Gasteiger charge is -2.29. The Bertz CT molecular complexity index is 1050. The van der Waals surface area contributed by atoms with Crippen LogP contribution in [0.1, 0.15) is 24.5 Å². The van der Waals surface area contributed by atoms with E-state index in [1.165, 1.54) is 11.5 Å². The molecule has 0 aliphatic rings. The summed E-state index contributed by atoms with van der Waals surface area (Å²) < 4.78 is 6.14. The highest BCUT2D eigenvalue weighted by atomic mass is 32.1. The summed E-state index contributed by atoms with van der Waals surface area (Å²) in [6.07, 6.45) is 6.11. The maximum absolute atomic E-state index is 9.59. The van der Waals surface area contributed by atoms with Crippen molar-refractivity contribution in [3.05, 3.63) is 78.4 Å². The number of phenols is 2. The smallest absolute Gasteiger partial charge is 0.248 e. The zero-order valence-electron chi connectivity index (χ0n) is 17.8. The molecule has 0 amide bonds. The predicted octanol–water partition coefficient (Wildman–Crippen LogP) is 4.03. The van der Waals surface area contributed by atoms with Crippen LogP contribution in [-0.2, 0) is 13.1 Å². The average molecular weight is 451 g/mol. The highest BCUT2D eigenvalue weighted by Crippen LogP contribution is 2.20. The number of anilines is 1. The summed E-state index contributed by atoms with van der Waals surface area (Å²) in [5.74, 6) is 1.15. The minimum Gasteiger partial charge on any atom is -0.508 e. The summed E-state index contributed by atoms with van der Waals surface area (Å²) >= 11 is 1.33. The van der Waals surface area contributed by atoms with Gasteiger partial charge in [-0.25, -0.2) is 4.98 Å². The van der Waals surface area contributed by atoms with Crippen molar-refractivity contribution in [2.75, 3.05) is 11.9 Å². The largest absolute Gasteiger partial charge is 0.508 e. The van der Waals surface area contributed by atoms with Gasteiger partial charge in [0.15, 0.2) is 0 Å². The van der Waals surface area contributed by atoms with Crippen LogP contribution < -0.4 is 5.32 Å². The van der Waals surface area contributed by atoms with Crippen molar-refractivity contribution in [3.8, 4) is 17.4 Å². The lowest BCUT2D eigenvalue weighted by Crippen LogP contribution is -2.33. The van der Waals surface area contributed by atoms with Gasteiger partial charge in [-0.1, -0.05) is 24.3 Å². The molecule has 2 aromatic carbocycles. The van der Waals surface area contributed by atoms with E-state index in [2.05, 4.69) is 31.5 Å². The molecule has 1 unspecified atom stereocenters. The second-order valence-corrected chi connectivity index (χ2v) is 8.42. The van der Waals surface area contributed by atoms with Crippen LogP contribution in [0.4, 0.5) is 5.13 Å². The number of hydrogen-bond donors (Lipinski definition) is 3. The van der Waals surface area contributed by atoms with Gasteiger partial charge in [-0.15, -0.1) is 0 Å². The van der Waals surface area contributed by atoms with Crippen LogP contribution >= 0.6 is 11.5 Å². The van der Waals surface area contributed by atoms with Gasteiger partial charge < -0.3 is 15.5 Å². The van der Waals surface area contributed by atoms with Crippen molar-refractivity contribution in [1.29, 1.82) is 0 Å². The van der Waals surface area contributed by atoms with E-state index < -0.39 is 0 Å². The van der Waals surface area contributed by atoms with Crippen molar-refractivity contribution in [1.82, 2.24) is 23.8 Å². The van der Waals surface area contributed by atoms with Gasteiger partial charge in [0, 0.05) is 49.6 Å². The zero-order chi connectivity index (χ0) is 22.3. The molecule has 1 atom stereocenters. The van der Waals surface area contributed by atoms with E-state index in [9.17, 15) is 10.2 Å². The van der Waals surface area contributed by atoms with Crippen LogP contribution in [-0.4, -0.2) is 46.6 Å². The number of aromatic nitrogens is 4. The second kappa shape index (κ2) is 10.3. The molecule has 4 rings (SSSR count). The van der Waals surface area contributed by atoms with Crippen LogP contribution in [0.15, 0.2) is 67.3 Å². The van der Waals surface area contributed by atoms with Crippen molar-refractivity contribution in [3.63, 3.8) is 0 Å². The summed E-state index contributed by atoms with van der Waals surface area (Å²) in [4.78, 5) is 10.9. The van der Waals surface area contributed by atoms with E-state index in [0.717, 1.165) is 42.3 Å². The molecule has 0 saturated carbocycles. The quantitative estimate of drug-likeness (QED) is 0.335. The maximum Gasteiger partial charge on any atom is 0.248 e. The molecule has 0 spiro atoms. The molecule has 0 fully saturated rings. The average Bonchev–Trinajstić information content (AvgIpc) is 3.48. The SMILES string of the molecule is CC(CCNc1nc(-n2ccnc2)ns1)N(Cc1ccc(O)cc1)Cc1ccc(O)cc1. The molecule has 3 N–H and O–H groups in total. The Labute approximate surface area is 191 Å². The van der Waals surface area contributed by atoms with E-state index in [4.69, 9.17) is 0 Å². The van der Waals surface area contributed by atoms with Gasteiger partial charge in [-0.3, -0.25) is 9.47 Å². The molecule has 32 heavy (non-hydrogen) atoms. The van der Waals surface area contributed by atoms with Crippen LogP contribution in [0.5, 0.6) is 11.5 Å². The fourth-order valence-corrected chi connectivity index (χ4v) is 3.97. The third kappa shape index (κ3) is 5.83. The highest BCUT2D eigenvalue weighted by molar-refractivity contribution is 7.09. The number of benzene rings is 2. The molecule has 0 radical (unpaired) electrons. The standard InChI is InChI=1S/C23H26N6O2S/c1-17(10-11-25-23-26-22(27-32-23)28-13-12-24-16-28)29(14-18-2-6-20(30)7-3-18)15-19-4-8-21(31)9-5-19/h2-9,12-13,16-17,30-31H,10-11,14-15H2,1H3,(H,25,26,27). The molecule has 2 heterocycles. The second-order valence-electron chi connectivity index (χ2n) is 7.67. The van der Waals surface area contributed by atoms with Gasteiger partial charge in [-0.05, 0) is 48.7 Å². The maximum atomic E-state index is 9.59. The lowest BCUT2D eigenvalue weighted by atomic mass is 10.1. The van der Waals surface area contributed by atoms with E-state index in [0.29, 0.717) is 5.95 Å². The molecule has 0 saturated heterocycles. The van der Waals surface area contributed by atoms with E-state index in [1.54, 1.807) is 41.4 Å².